The molecule has 37 heavy (non-hydrogen) atoms. The number of benzene rings is 1. The van der Waals surface area contributed by atoms with Gasteiger partial charge in [0.2, 0.25) is 0 Å². The van der Waals surface area contributed by atoms with Crippen molar-refractivity contribution in [3.63, 3.8) is 0 Å². The summed E-state index contributed by atoms with van der Waals surface area (Å²) < 4.78 is 0. The van der Waals surface area contributed by atoms with Gasteiger partial charge in [-0.2, -0.15) is 0 Å². The fourth-order valence-corrected chi connectivity index (χ4v) is 4.88. The van der Waals surface area contributed by atoms with Gasteiger partial charge in [0.05, 0.1) is 11.4 Å². The van der Waals surface area contributed by atoms with Crippen LogP contribution >= 0.6 is 9.24 Å². The molecule has 1 aromatic carbocycles. The van der Waals surface area contributed by atoms with E-state index >= 15 is 0 Å². The number of nitrogens with zero attached hydrogens (tertiary/aromatic N) is 1. The van der Waals surface area contributed by atoms with Crippen LogP contribution in [0.25, 0.3) is 17.3 Å². The summed E-state index contributed by atoms with van der Waals surface area (Å²) in [5.41, 5.74) is 9.19. The third-order valence-electron chi connectivity index (χ3n) is 7.19. The van der Waals surface area contributed by atoms with Crippen molar-refractivity contribution in [2.45, 2.75) is 86.1 Å². The van der Waals surface area contributed by atoms with E-state index in [0.717, 1.165) is 33.8 Å². The fourth-order valence-electron chi connectivity index (χ4n) is 4.62. The van der Waals surface area contributed by atoms with Crippen LogP contribution in [0.5, 0.6) is 0 Å². The van der Waals surface area contributed by atoms with E-state index < -0.39 is 0 Å². The zero-order valence-corrected chi connectivity index (χ0v) is 25.5. The minimum absolute atomic E-state index is 0.456. The molecule has 202 valence electrons. The SMILES string of the molecule is C1CCC1.C=Cc1c(C2C(C)C2NC)[nH]c(-c2ccncc2C)c1Nc1cccc(C)c1P.CC.CC. The molecule has 2 aliphatic carbocycles. The lowest BCUT2D eigenvalue weighted by Crippen LogP contribution is -2.11. The van der Waals surface area contributed by atoms with Crippen LogP contribution < -0.4 is 15.9 Å². The number of anilines is 2. The molecule has 2 aromatic heterocycles. The molecular formula is C32H49N4P. The fraction of sp³-hybridized carbons (Fsp3) is 0.469. The maximum Gasteiger partial charge on any atom is 0.0721 e. The highest BCUT2D eigenvalue weighted by Gasteiger charge is 2.48. The van der Waals surface area contributed by atoms with Gasteiger partial charge in [0.15, 0.2) is 0 Å². The molecule has 0 bridgehead atoms. The first kappa shape index (κ1) is 30.8. The molecule has 0 radical (unpaired) electrons. The standard InChI is InChI=1S/C24H29N4P.C4H8.2C2H6/c1-6-16-21(19-15(4)20(19)25-5)28-23(17-10-11-26-12-14(17)3)22(16)27-18-9-7-8-13(2)24(18)29;1-2-4-3-1;2*1-2/h6-12,15,19-20,25,27-28H,1,29H2,2-5H3;1-4H2;2*1-2H3. The van der Waals surface area contributed by atoms with Crippen molar-refractivity contribution in [3.05, 3.63) is 65.6 Å². The highest BCUT2D eigenvalue weighted by atomic mass is 31.0. The summed E-state index contributed by atoms with van der Waals surface area (Å²) in [4.78, 5) is 8.04. The quantitative estimate of drug-likeness (QED) is 0.286. The number of aromatic nitrogens is 2. The van der Waals surface area contributed by atoms with E-state index in [9.17, 15) is 0 Å². The van der Waals surface area contributed by atoms with Gasteiger partial charge in [0.1, 0.15) is 0 Å². The summed E-state index contributed by atoms with van der Waals surface area (Å²) in [6.07, 6.45) is 11.7. The zero-order chi connectivity index (χ0) is 27.5. The van der Waals surface area contributed by atoms with Crippen molar-refractivity contribution in [1.29, 1.82) is 0 Å². The molecule has 0 amide bonds. The second-order valence-electron chi connectivity index (χ2n) is 9.37. The molecule has 2 aliphatic rings. The number of aryl methyl sites for hydroxylation is 2. The minimum Gasteiger partial charge on any atom is -0.356 e. The van der Waals surface area contributed by atoms with Gasteiger partial charge in [-0.1, -0.05) is 85.1 Å². The zero-order valence-electron chi connectivity index (χ0n) is 24.3. The van der Waals surface area contributed by atoms with Crippen LogP contribution in [0.1, 0.15) is 88.6 Å². The Bertz CT molecular complexity index is 1130. The highest BCUT2D eigenvalue weighted by Crippen LogP contribution is 2.51. The predicted molar refractivity (Wildman–Crippen MR) is 169 cm³/mol. The molecule has 3 N–H and O–H groups in total. The van der Waals surface area contributed by atoms with Crippen molar-refractivity contribution in [3.8, 4) is 11.3 Å². The van der Waals surface area contributed by atoms with E-state index in [1.807, 2.05) is 53.2 Å². The summed E-state index contributed by atoms with van der Waals surface area (Å²) in [5, 5.41) is 8.34. The molecule has 3 aromatic rings. The van der Waals surface area contributed by atoms with E-state index in [4.69, 9.17) is 0 Å². The number of H-pyrrole nitrogens is 1. The summed E-state index contributed by atoms with van der Waals surface area (Å²) in [6, 6.07) is 8.90. The van der Waals surface area contributed by atoms with E-state index in [0.29, 0.717) is 17.9 Å². The first-order chi connectivity index (χ1) is 18.0. The third kappa shape index (κ3) is 7.12. The molecule has 5 rings (SSSR count). The Labute approximate surface area is 228 Å². The third-order valence-corrected chi connectivity index (χ3v) is 7.96. The average molecular weight is 521 g/mol. The maximum absolute atomic E-state index is 4.28. The Balaban J connectivity index is 0.000000529. The monoisotopic (exact) mass is 520 g/mol. The molecular weight excluding hydrogens is 471 g/mol. The smallest absolute Gasteiger partial charge is 0.0721 e. The molecule has 0 aliphatic heterocycles. The molecule has 2 saturated carbocycles. The molecule has 2 fully saturated rings. The van der Waals surface area contributed by atoms with Gasteiger partial charge < -0.3 is 15.6 Å². The van der Waals surface area contributed by atoms with Crippen molar-refractivity contribution < 1.29 is 0 Å². The lowest BCUT2D eigenvalue weighted by Gasteiger charge is -2.14. The van der Waals surface area contributed by atoms with Crippen molar-refractivity contribution >= 4 is 32.0 Å². The lowest BCUT2D eigenvalue weighted by atomic mass is 10.0. The topological polar surface area (TPSA) is 52.7 Å². The predicted octanol–water partition coefficient (Wildman–Crippen LogP) is 8.51. The molecule has 4 atom stereocenters. The maximum atomic E-state index is 4.28. The lowest BCUT2D eigenvalue weighted by molar-refractivity contribution is 0.504. The van der Waals surface area contributed by atoms with Crippen LogP contribution in [0, 0.1) is 19.8 Å². The number of hydrogen-bond donors (Lipinski definition) is 3. The number of rotatable bonds is 6. The Morgan fingerprint density at radius 3 is 2.19 bits per heavy atom. The summed E-state index contributed by atoms with van der Waals surface area (Å²) in [7, 11) is 4.90. The molecule has 4 unspecified atom stereocenters. The van der Waals surface area contributed by atoms with Crippen LogP contribution in [0.2, 0.25) is 0 Å². The first-order valence-corrected chi connectivity index (χ1v) is 14.6. The second-order valence-corrected chi connectivity index (χ2v) is 9.95. The molecule has 0 saturated heterocycles. The van der Waals surface area contributed by atoms with Crippen LogP contribution in [-0.2, 0) is 0 Å². The van der Waals surface area contributed by atoms with E-state index in [-0.39, 0.29) is 0 Å². The summed E-state index contributed by atoms with van der Waals surface area (Å²) in [5.74, 6) is 1.05. The first-order valence-electron chi connectivity index (χ1n) is 14.1. The Kier molecular flexibility index (Phi) is 12.6. The Morgan fingerprint density at radius 2 is 1.68 bits per heavy atom. The number of nitrogens with one attached hydrogen (secondary N) is 3. The molecule has 4 nitrogen and oxygen atoms in total. The number of aromatic amines is 1. The van der Waals surface area contributed by atoms with Gasteiger partial charge in [0, 0.05) is 46.9 Å². The summed E-state index contributed by atoms with van der Waals surface area (Å²) in [6.45, 7) is 18.7. The normalized spacial score (nSPS) is 19.0. The van der Waals surface area contributed by atoms with E-state index in [2.05, 4.69) is 81.5 Å². The van der Waals surface area contributed by atoms with E-state index in [1.165, 1.54) is 42.2 Å². The second kappa shape index (κ2) is 15.1. The van der Waals surface area contributed by atoms with Crippen molar-refractivity contribution in [2.75, 3.05) is 12.4 Å². The minimum atomic E-state index is 0.456. The highest BCUT2D eigenvalue weighted by molar-refractivity contribution is 7.28. The van der Waals surface area contributed by atoms with Crippen LogP contribution in [0.4, 0.5) is 11.4 Å². The summed E-state index contributed by atoms with van der Waals surface area (Å²) >= 11 is 0. The van der Waals surface area contributed by atoms with Gasteiger partial charge >= 0.3 is 0 Å². The average Bonchev–Trinajstić information content (AvgIpc) is 3.40. The van der Waals surface area contributed by atoms with Crippen molar-refractivity contribution in [2.24, 2.45) is 5.92 Å². The Hall–Kier alpha value is -2.42. The van der Waals surface area contributed by atoms with Crippen LogP contribution in [0.15, 0.2) is 43.2 Å². The molecule has 2 heterocycles. The van der Waals surface area contributed by atoms with E-state index in [1.54, 1.807) is 0 Å². The Morgan fingerprint density at radius 1 is 1.03 bits per heavy atom. The van der Waals surface area contributed by atoms with Gasteiger partial charge in [-0.15, -0.1) is 9.24 Å². The van der Waals surface area contributed by atoms with Gasteiger partial charge in [-0.25, -0.2) is 0 Å². The number of hydrogen-bond acceptors (Lipinski definition) is 3. The van der Waals surface area contributed by atoms with Gasteiger partial charge in [-0.05, 0) is 55.4 Å². The molecule has 5 heteroatoms. The van der Waals surface area contributed by atoms with Crippen molar-refractivity contribution in [1.82, 2.24) is 15.3 Å². The van der Waals surface area contributed by atoms with Crippen LogP contribution in [0.3, 0.4) is 0 Å². The number of pyridine rings is 1. The largest absolute Gasteiger partial charge is 0.356 e. The number of likely N-dealkylation sites (N-methyl/N-ethyl adjacent to an activating group) is 1. The van der Waals surface area contributed by atoms with Gasteiger partial charge in [-0.3, -0.25) is 4.98 Å². The van der Waals surface area contributed by atoms with Gasteiger partial charge in [0.25, 0.3) is 0 Å². The van der Waals surface area contributed by atoms with Crippen LogP contribution in [-0.4, -0.2) is 23.1 Å². The molecule has 0 spiro atoms.